The molecular weight excluding hydrogens is 286 g/mol. The van der Waals surface area contributed by atoms with Crippen molar-refractivity contribution in [2.24, 2.45) is 0 Å². The maximum Gasteiger partial charge on any atom is 0.157 e. The van der Waals surface area contributed by atoms with Gasteiger partial charge in [0.25, 0.3) is 0 Å². The predicted molar refractivity (Wildman–Crippen MR) is 86.0 cm³/mol. The first kappa shape index (κ1) is 13.8. The Hall–Kier alpha value is -2.20. The summed E-state index contributed by atoms with van der Waals surface area (Å²) in [5.41, 5.74) is 9.58. The molecule has 3 aromatic rings. The number of imidazole rings is 1. The fourth-order valence-corrected chi connectivity index (χ4v) is 2.57. The third kappa shape index (κ3) is 2.32. The number of rotatable bonds is 3. The lowest BCUT2D eigenvalue weighted by Gasteiger charge is -2.10. The number of aromatic nitrogens is 2. The lowest BCUT2D eigenvalue weighted by atomic mass is 10.1. The summed E-state index contributed by atoms with van der Waals surface area (Å²) in [6, 6.07) is 9.62. The van der Waals surface area contributed by atoms with Crippen molar-refractivity contribution in [2.75, 3.05) is 12.3 Å². The van der Waals surface area contributed by atoms with Crippen molar-refractivity contribution < 1.29 is 4.74 Å². The second-order valence-electron chi connectivity index (χ2n) is 4.83. The van der Waals surface area contributed by atoms with Crippen LogP contribution in [0.5, 0.6) is 5.75 Å². The molecule has 0 fully saturated rings. The van der Waals surface area contributed by atoms with E-state index in [0.29, 0.717) is 28.8 Å². The van der Waals surface area contributed by atoms with E-state index in [1.165, 1.54) is 0 Å². The summed E-state index contributed by atoms with van der Waals surface area (Å²) in [6.45, 7) is 4.57. The zero-order valence-electron chi connectivity index (χ0n) is 11.9. The molecule has 21 heavy (non-hydrogen) atoms. The Kier molecular flexibility index (Phi) is 3.47. The molecule has 0 aliphatic rings. The first-order valence-corrected chi connectivity index (χ1v) is 7.15. The SMILES string of the molecule is CCOc1ccc(C)cc1-c1nc2c(Cl)cccn2c1N. The lowest BCUT2D eigenvalue weighted by molar-refractivity contribution is 0.341. The molecule has 108 valence electrons. The molecule has 2 aromatic heterocycles. The number of hydrogen-bond donors (Lipinski definition) is 1. The van der Waals surface area contributed by atoms with Crippen LogP contribution in [0.1, 0.15) is 12.5 Å². The quantitative estimate of drug-likeness (QED) is 0.797. The lowest BCUT2D eigenvalue weighted by Crippen LogP contribution is -1.97. The van der Waals surface area contributed by atoms with E-state index in [0.717, 1.165) is 16.9 Å². The van der Waals surface area contributed by atoms with Crippen molar-refractivity contribution >= 4 is 23.1 Å². The van der Waals surface area contributed by atoms with Crippen LogP contribution >= 0.6 is 11.6 Å². The van der Waals surface area contributed by atoms with Crippen LogP contribution in [0.2, 0.25) is 5.02 Å². The highest BCUT2D eigenvalue weighted by Crippen LogP contribution is 2.35. The van der Waals surface area contributed by atoms with E-state index in [1.54, 1.807) is 10.5 Å². The van der Waals surface area contributed by atoms with E-state index in [4.69, 9.17) is 22.1 Å². The van der Waals surface area contributed by atoms with E-state index in [1.807, 2.05) is 44.3 Å². The van der Waals surface area contributed by atoms with Gasteiger partial charge in [0.15, 0.2) is 5.65 Å². The van der Waals surface area contributed by atoms with Gasteiger partial charge in [-0.2, -0.15) is 0 Å². The number of fused-ring (bicyclic) bond motifs is 1. The first-order chi connectivity index (χ1) is 10.1. The van der Waals surface area contributed by atoms with Crippen LogP contribution in [0, 0.1) is 6.92 Å². The third-order valence-corrected chi connectivity index (χ3v) is 3.62. The van der Waals surface area contributed by atoms with E-state index in [2.05, 4.69) is 4.98 Å². The number of benzene rings is 1. The maximum absolute atomic E-state index is 6.24. The molecule has 0 amide bonds. The Balaban J connectivity index is 2.27. The summed E-state index contributed by atoms with van der Waals surface area (Å²) in [6.07, 6.45) is 1.85. The molecule has 3 rings (SSSR count). The monoisotopic (exact) mass is 301 g/mol. The zero-order chi connectivity index (χ0) is 15.0. The molecule has 0 aliphatic heterocycles. The molecule has 0 aliphatic carbocycles. The van der Waals surface area contributed by atoms with Gasteiger partial charge in [0, 0.05) is 11.8 Å². The Labute approximate surface area is 128 Å². The largest absolute Gasteiger partial charge is 0.493 e. The second-order valence-corrected chi connectivity index (χ2v) is 5.24. The molecule has 0 atom stereocenters. The number of hydrogen-bond acceptors (Lipinski definition) is 3. The van der Waals surface area contributed by atoms with Gasteiger partial charge in [0.05, 0.1) is 11.6 Å². The number of nitrogens with zero attached hydrogens (tertiary/aromatic N) is 2. The number of nitrogens with two attached hydrogens (primary N) is 1. The minimum Gasteiger partial charge on any atom is -0.493 e. The molecule has 0 unspecified atom stereocenters. The van der Waals surface area contributed by atoms with Crippen LogP contribution in [-0.2, 0) is 0 Å². The van der Waals surface area contributed by atoms with Gasteiger partial charge in [0.2, 0.25) is 0 Å². The Morgan fingerprint density at radius 1 is 1.33 bits per heavy atom. The topological polar surface area (TPSA) is 52.5 Å². The molecule has 0 radical (unpaired) electrons. The van der Waals surface area contributed by atoms with Crippen molar-refractivity contribution in [3.63, 3.8) is 0 Å². The van der Waals surface area contributed by atoms with E-state index < -0.39 is 0 Å². The van der Waals surface area contributed by atoms with Crippen LogP contribution in [0.15, 0.2) is 36.5 Å². The molecule has 0 bridgehead atoms. The normalized spacial score (nSPS) is 11.0. The first-order valence-electron chi connectivity index (χ1n) is 6.77. The zero-order valence-corrected chi connectivity index (χ0v) is 12.7. The highest BCUT2D eigenvalue weighted by Gasteiger charge is 2.17. The van der Waals surface area contributed by atoms with Gasteiger partial charge in [-0.15, -0.1) is 0 Å². The molecular formula is C16H16ClN3O. The smallest absolute Gasteiger partial charge is 0.157 e. The Morgan fingerprint density at radius 2 is 2.14 bits per heavy atom. The summed E-state index contributed by atoms with van der Waals surface area (Å²) in [5, 5.41) is 0.570. The Morgan fingerprint density at radius 3 is 2.86 bits per heavy atom. The van der Waals surface area contributed by atoms with Crippen LogP contribution in [0.3, 0.4) is 0 Å². The molecule has 0 saturated carbocycles. The van der Waals surface area contributed by atoms with Gasteiger partial charge in [-0.05, 0) is 38.1 Å². The van der Waals surface area contributed by atoms with Gasteiger partial charge in [0.1, 0.15) is 17.3 Å². The summed E-state index contributed by atoms with van der Waals surface area (Å²) in [5.74, 6) is 1.33. The summed E-state index contributed by atoms with van der Waals surface area (Å²) < 4.78 is 7.48. The Bertz CT molecular complexity index is 811. The highest BCUT2D eigenvalue weighted by atomic mass is 35.5. The second kappa shape index (κ2) is 5.30. The molecule has 0 spiro atoms. The molecule has 0 saturated heterocycles. The van der Waals surface area contributed by atoms with Crippen LogP contribution in [0.4, 0.5) is 5.82 Å². The van der Waals surface area contributed by atoms with Gasteiger partial charge >= 0.3 is 0 Å². The van der Waals surface area contributed by atoms with Crippen LogP contribution in [0.25, 0.3) is 16.9 Å². The fourth-order valence-electron chi connectivity index (χ4n) is 2.36. The number of anilines is 1. The van der Waals surface area contributed by atoms with E-state index in [-0.39, 0.29) is 0 Å². The van der Waals surface area contributed by atoms with Crippen LogP contribution < -0.4 is 10.5 Å². The molecule has 2 heterocycles. The van der Waals surface area contributed by atoms with Gasteiger partial charge in [-0.25, -0.2) is 4.98 Å². The van der Waals surface area contributed by atoms with Crippen LogP contribution in [-0.4, -0.2) is 16.0 Å². The molecule has 2 N–H and O–H groups in total. The van der Waals surface area contributed by atoms with Gasteiger partial charge in [-0.1, -0.05) is 23.2 Å². The summed E-state index contributed by atoms with van der Waals surface area (Å²) >= 11 is 6.19. The summed E-state index contributed by atoms with van der Waals surface area (Å²) in [7, 11) is 0. The molecule has 5 heteroatoms. The van der Waals surface area contributed by atoms with E-state index in [9.17, 15) is 0 Å². The average molecular weight is 302 g/mol. The van der Waals surface area contributed by atoms with Crippen molar-refractivity contribution in [3.05, 3.63) is 47.1 Å². The van der Waals surface area contributed by atoms with Gasteiger partial charge in [-0.3, -0.25) is 4.40 Å². The highest BCUT2D eigenvalue weighted by molar-refractivity contribution is 6.33. The van der Waals surface area contributed by atoms with E-state index >= 15 is 0 Å². The maximum atomic E-state index is 6.24. The van der Waals surface area contributed by atoms with Crippen molar-refractivity contribution in [3.8, 4) is 17.0 Å². The third-order valence-electron chi connectivity index (χ3n) is 3.33. The number of nitrogen functional groups attached to an aromatic ring is 1. The number of aryl methyl sites for hydroxylation is 1. The minimum absolute atomic E-state index is 0.555. The number of pyridine rings is 1. The molecule has 1 aromatic carbocycles. The van der Waals surface area contributed by atoms with Crippen molar-refractivity contribution in [1.82, 2.24) is 9.38 Å². The number of ether oxygens (including phenoxy) is 1. The average Bonchev–Trinajstić information content (AvgIpc) is 2.80. The van der Waals surface area contributed by atoms with Crippen molar-refractivity contribution in [1.29, 1.82) is 0 Å². The minimum atomic E-state index is 0.555. The fraction of sp³-hybridized carbons (Fsp3) is 0.188. The summed E-state index contributed by atoms with van der Waals surface area (Å²) in [4.78, 5) is 4.59. The predicted octanol–water partition coefficient (Wildman–Crippen LogP) is 3.94. The standard InChI is InChI=1S/C16H16ClN3O/c1-3-21-13-7-6-10(2)9-11(13)14-15(18)20-8-4-5-12(17)16(20)19-14/h4-9H,3,18H2,1-2H3. The molecule has 4 nitrogen and oxygen atoms in total. The van der Waals surface area contributed by atoms with Crippen molar-refractivity contribution in [2.45, 2.75) is 13.8 Å². The number of halogens is 1. The van der Waals surface area contributed by atoms with Gasteiger partial charge < -0.3 is 10.5 Å².